The highest BCUT2D eigenvalue weighted by atomic mass is 16.5. The minimum Gasteiger partial charge on any atom is -0.503 e. The molecule has 0 saturated heterocycles. The van der Waals surface area contributed by atoms with Gasteiger partial charge in [0, 0.05) is 11.6 Å². The largest absolute Gasteiger partial charge is 0.503 e. The van der Waals surface area contributed by atoms with E-state index < -0.39 is 29.6 Å². The van der Waals surface area contributed by atoms with Crippen molar-refractivity contribution < 1.29 is 33.8 Å². The number of Topliss-reactive ketones (excluding diaryl/α,β-unsaturated/α-hetero) is 1. The predicted molar refractivity (Wildman–Crippen MR) is 118 cm³/mol. The van der Waals surface area contributed by atoms with Gasteiger partial charge in [0.25, 0.3) is 5.91 Å². The molecule has 1 fully saturated rings. The third-order valence-corrected chi connectivity index (χ3v) is 5.94. The fraction of sp³-hybridized carbons (Fsp3) is 0.280. The van der Waals surface area contributed by atoms with Gasteiger partial charge in [-0.25, -0.2) is 9.59 Å². The summed E-state index contributed by atoms with van der Waals surface area (Å²) in [5, 5.41) is 10.8. The first kappa shape index (κ1) is 22.3. The average Bonchev–Trinajstić information content (AvgIpc) is 3.64. The van der Waals surface area contributed by atoms with Crippen LogP contribution in [0.4, 0.5) is 5.69 Å². The Balaban J connectivity index is 1.93. The van der Waals surface area contributed by atoms with E-state index in [0.29, 0.717) is 18.4 Å². The van der Waals surface area contributed by atoms with Crippen LogP contribution in [0.3, 0.4) is 0 Å². The van der Waals surface area contributed by atoms with E-state index in [0.717, 1.165) is 5.56 Å². The number of carbonyl (C=O) groups is 4. The number of hydrogen-bond donors (Lipinski definition) is 1. The first-order chi connectivity index (χ1) is 15.8. The molecule has 0 bridgehead atoms. The van der Waals surface area contributed by atoms with Crippen LogP contribution in [-0.4, -0.2) is 43.0 Å². The second kappa shape index (κ2) is 8.54. The molecule has 1 aliphatic carbocycles. The monoisotopic (exact) mass is 449 g/mol. The molecule has 4 rings (SSSR count). The molecule has 0 aromatic heterocycles. The fourth-order valence-corrected chi connectivity index (χ4v) is 4.10. The molecule has 1 heterocycles. The van der Waals surface area contributed by atoms with Gasteiger partial charge in [-0.3, -0.25) is 14.5 Å². The van der Waals surface area contributed by atoms with E-state index in [9.17, 15) is 24.3 Å². The Morgan fingerprint density at radius 1 is 0.970 bits per heavy atom. The third-order valence-electron chi connectivity index (χ3n) is 5.94. The van der Waals surface area contributed by atoms with Crippen LogP contribution in [0.15, 0.2) is 53.8 Å². The highest BCUT2D eigenvalue weighted by Gasteiger charge is 2.48. The zero-order chi connectivity index (χ0) is 23.9. The summed E-state index contributed by atoms with van der Waals surface area (Å²) in [5.41, 5.74) is 1.69. The standard InChI is InChI=1S/C25H23NO7/c1-13-6-4-5-7-18(13)20-19(21(27)14-8-9-14)22(28)23(29)26(20)17-11-15(24(30)32-2)10-16(12-17)25(31)33-3/h4-7,10-12,14,20,28H,8-9H2,1-3H3. The van der Waals surface area contributed by atoms with Crippen molar-refractivity contribution in [2.75, 3.05) is 19.1 Å². The van der Waals surface area contributed by atoms with E-state index in [2.05, 4.69) is 0 Å². The summed E-state index contributed by atoms with van der Waals surface area (Å²) in [4.78, 5) is 52.2. The van der Waals surface area contributed by atoms with Gasteiger partial charge in [0.05, 0.1) is 37.0 Å². The van der Waals surface area contributed by atoms with Crippen LogP contribution in [-0.2, 0) is 19.1 Å². The number of aliphatic hydroxyl groups is 1. The van der Waals surface area contributed by atoms with Crippen LogP contribution < -0.4 is 4.90 Å². The molecule has 2 aliphatic rings. The van der Waals surface area contributed by atoms with Crippen LogP contribution in [0.2, 0.25) is 0 Å². The van der Waals surface area contributed by atoms with E-state index in [-0.39, 0.29) is 34.1 Å². The highest BCUT2D eigenvalue weighted by Crippen LogP contribution is 2.46. The number of hydrogen-bond acceptors (Lipinski definition) is 7. The van der Waals surface area contributed by atoms with Gasteiger partial charge in [-0.05, 0) is 49.1 Å². The minimum absolute atomic E-state index is 0.0215. The van der Waals surface area contributed by atoms with Crippen molar-refractivity contribution in [3.8, 4) is 0 Å². The average molecular weight is 449 g/mol. The molecule has 8 nitrogen and oxygen atoms in total. The molecular formula is C25H23NO7. The van der Waals surface area contributed by atoms with Crippen molar-refractivity contribution in [1.29, 1.82) is 0 Å². The molecule has 2 aromatic carbocycles. The second-order valence-corrected chi connectivity index (χ2v) is 8.09. The number of aliphatic hydroxyl groups excluding tert-OH is 1. The second-order valence-electron chi connectivity index (χ2n) is 8.09. The van der Waals surface area contributed by atoms with Crippen molar-refractivity contribution in [3.63, 3.8) is 0 Å². The minimum atomic E-state index is -0.912. The van der Waals surface area contributed by atoms with Crippen molar-refractivity contribution in [3.05, 3.63) is 76.1 Å². The number of amides is 1. The van der Waals surface area contributed by atoms with E-state index in [4.69, 9.17) is 9.47 Å². The zero-order valence-electron chi connectivity index (χ0n) is 18.5. The number of aryl methyl sites for hydroxylation is 1. The number of esters is 2. The summed E-state index contributed by atoms with van der Waals surface area (Å²) in [6, 6.07) is 10.4. The quantitative estimate of drug-likeness (QED) is 0.673. The van der Waals surface area contributed by atoms with Crippen molar-refractivity contribution in [2.45, 2.75) is 25.8 Å². The molecule has 1 unspecified atom stereocenters. The molecule has 170 valence electrons. The summed E-state index contributed by atoms with van der Waals surface area (Å²) in [5.74, 6) is -3.34. The molecule has 1 aliphatic heterocycles. The number of benzene rings is 2. The van der Waals surface area contributed by atoms with Gasteiger partial charge >= 0.3 is 11.9 Å². The van der Waals surface area contributed by atoms with Gasteiger partial charge in [0.2, 0.25) is 0 Å². The zero-order valence-corrected chi connectivity index (χ0v) is 18.5. The van der Waals surface area contributed by atoms with Crippen molar-refractivity contribution in [1.82, 2.24) is 0 Å². The first-order valence-corrected chi connectivity index (χ1v) is 10.5. The van der Waals surface area contributed by atoms with Crippen molar-refractivity contribution >= 4 is 29.3 Å². The Kier molecular flexibility index (Phi) is 5.76. The van der Waals surface area contributed by atoms with Gasteiger partial charge < -0.3 is 14.6 Å². The molecule has 33 heavy (non-hydrogen) atoms. The Bertz CT molecular complexity index is 1170. The molecule has 1 atom stereocenters. The fourth-order valence-electron chi connectivity index (χ4n) is 4.10. The predicted octanol–water partition coefficient (Wildman–Crippen LogP) is 3.45. The highest BCUT2D eigenvalue weighted by molar-refractivity contribution is 6.17. The van der Waals surface area contributed by atoms with Crippen LogP contribution in [0.25, 0.3) is 0 Å². The van der Waals surface area contributed by atoms with Gasteiger partial charge in [-0.2, -0.15) is 0 Å². The maximum atomic E-state index is 13.3. The smallest absolute Gasteiger partial charge is 0.337 e. The number of nitrogens with zero attached hydrogens (tertiary/aromatic N) is 1. The normalized spacial score (nSPS) is 17.8. The first-order valence-electron chi connectivity index (χ1n) is 10.5. The lowest BCUT2D eigenvalue weighted by molar-refractivity contribution is -0.118. The molecular weight excluding hydrogens is 426 g/mol. The number of ether oxygens (including phenoxy) is 2. The number of rotatable bonds is 6. The van der Waals surface area contributed by atoms with Gasteiger partial charge in [-0.1, -0.05) is 24.3 Å². The molecule has 0 spiro atoms. The van der Waals surface area contributed by atoms with Crippen LogP contribution >= 0.6 is 0 Å². The van der Waals surface area contributed by atoms with Gasteiger partial charge in [-0.15, -0.1) is 0 Å². The topological polar surface area (TPSA) is 110 Å². The summed E-state index contributed by atoms with van der Waals surface area (Å²) < 4.78 is 9.58. The summed E-state index contributed by atoms with van der Waals surface area (Å²) in [7, 11) is 2.40. The Morgan fingerprint density at radius 3 is 2.06 bits per heavy atom. The number of carbonyl (C=O) groups excluding carboxylic acids is 4. The Labute approximate surface area is 190 Å². The van der Waals surface area contributed by atoms with E-state index >= 15 is 0 Å². The lowest BCUT2D eigenvalue weighted by Crippen LogP contribution is -2.32. The van der Waals surface area contributed by atoms with E-state index in [1.807, 2.05) is 19.1 Å². The third kappa shape index (κ3) is 3.88. The number of methoxy groups -OCH3 is 2. The Morgan fingerprint density at radius 2 is 1.55 bits per heavy atom. The molecule has 8 heteroatoms. The number of ketones is 1. The lowest BCUT2D eigenvalue weighted by atomic mass is 9.91. The van der Waals surface area contributed by atoms with Crippen LogP contribution in [0.1, 0.15) is 50.7 Å². The Hall–Kier alpha value is -3.94. The van der Waals surface area contributed by atoms with Gasteiger partial charge in [0.15, 0.2) is 11.5 Å². The molecule has 2 aromatic rings. The lowest BCUT2D eigenvalue weighted by Gasteiger charge is -2.28. The van der Waals surface area contributed by atoms with E-state index in [1.54, 1.807) is 12.1 Å². The SMILES string of the molecule is COC(=O)c1cc(C(=O)OC)cc(N2C(=O)C(O)=C(C(=O)C3CC3)C2c2ccccc2C)c1. The van der Waals surface area contributed by atoms with Crippen LogP contribution in [0, 0.1) is 12.8 Å². The summed E-state index contributed by atoms with van der Waals surface area (Å²) in [6.07, 6.45) is 1.41. The van der Waals surface area contributed by atoms with E-state index in [1.165, 1.54) is 37.3 Å². The van der Waals surface area contributed by atoms with Crippen LogP contribution in [0.5, 0.6) is 0 Å². The molecule has 1 N–H and O–H groups in total. The maximum absolute atomic E-state index is 13.3. The number of anilines is 1. The molecule has 0 radical (unpaired) electrons. The van der Waals surface area contributed by atoms with Crippen molar-refractivity contribution in [2.24, 2.45) is 5.92 Å². The van der Waals surface area contributed by atoms with Gasteiger partial charge in [0.1, 0.15) is 0 Å². The summed E-state index contributed by atoms with van der Waals surface area (Å²) in [6.45, 7) is 1.84. The molecule has 1 saturated carbocycles. The molecule has 1 amide bonds. The maximum Gasteiger partial charge on any atom is 0.337 e. The summed E-state index contributed by atoms with van der Waals surface area (Å²) >= 11 is 0.